The Bertz CT molecular complexity index is 1090. The molecule has 0 aliphatic heterocycles. The lowest BCUT2D eigenvalue weighted by molar-refractivity contribution is 0.0996. The van der Waals surface area contributed by atoms with E-state index < -0.39 is 0 Å². The second kappa shape index (κ2) is 8.66. The molecule has 0 bridgehead atoms. The van der Waals surface area contributed by atoms with E-state index in [9.17, 15) is 9.18 Å². The molecule has 8 heteroatoms. The van der Waals surface area contributed by atoms with Crippen LogP contribution in [0.3, 0.4) is 0 Å². The fraction of sp³-hybridized carbons (Fsp3) is 0.0952. The molecule has 0 saturated carbocycles. The summed E-state index contributed by atoms with van der Waals surface area (Å²) >= 11 is 1.46. The molecule has 2 aromatic heterocycles. The van der Waals surface area contributed by atoms with Crippen LogP contribution in [-0.4, -0.2) is 16.1 Å². The summed E-state index contributed by atoms with van der Waals surface area (Å²) in [5, 5.41) is 15.9. The molecule has 0 radical (unpaired) electrons. The minimum Gasteiger partial charge on any atom is -0.459 e. The van der Waals surface area contributed by atoms with Gasteiger partial charge in [-0.1, -0.05) is 35.6 Å². The molecule has 0 atom stereocenters. The Labute approximate surface area is 170 Å². The summed E-state index contributed by atoms with van der Waals surface area (Å²) in [5.41, 5.74) is 2.64. The molecule has 0 aliphatic rings. The number of nitrogens with one attached hydrogen (secondary N) is 2. The first-order valence-corrected chi connectivity index (χ1v) is 9.72. The van der Waals surface area contributed by atoms with Crippen molar-refractivity contribution in [3.63, 3.8) is 0 Å². The van der Waals surface area contributed by atoms with E-state index in [1.54, 1.807) is 24.3 Å². The van der Waals surface area contributed by atoms with E-state index in [1.807, 2.05) is 24.3 Å². The second-order valence-electron chi connectivity index (χ2n) is 6.29. The minimum absolute atomic E-state index is 0.254. The maximum Gasteiger partial charge on any atom is 0.291 e. The number of furan rings is 1. The minimum atomic E-state index is -0.297. The van der Waals surface area contributed by atoms with E-state index in [0.717, 1.165) is 16.1 Å². The highest BCUT2D eigenvalue weighted by atomic mass is 32.1. The van der Waals surface area contributed by atoms with Crippen LogP contribution in [0.2, 0.25) is 0 Å². The molecule has 4 rings (SSSR count). The summed E-state index contributed by atoms with van der Waals surface area (Å²) < 4.78 is 18.1. The molecule has 0 fully saturated rings. The third-order valence-electron chi connectivity index (χ3n) is 4.11. The molecule has 29 heavy (non-hydrogen) atoms. The van der Waals surface area contributed by atoms with E-state index in [4.69, 9.17) is 4.42 Å². The van der Waals surface area contributed by atoms with E-state index in [-0.39, 0.29) is 17.5 Å². The second-order valence-corrected chi connectivity index (χ2v) is 7.35. The monoisotopic (exact) mass is 408 g/mol. The summed E-state index contributed by atoms with van der Waals surface area (Å²) in [6, 6.07) is 17.2. The van der Waals surface area contributed by atoms with Crippen LogP contribution in [0.5, 0.6) is 0 Å². The SMILES string of the molecule is O=C(Nc1cccc(CNc2nnc(Cc3ccc(F)cc3)s2)c1)c1ccco1. The third-order valence-corrected chi connectivity index (χ3v) is 4.99. The third kappa shape index (κ3) is 5.05. The molecule has 4 aromatic rings. The first kappa shape index (κ1) is 18.8. The number of aromatic nitrogens is 2. The van der Waals surface area contributed by atoms with Crippen molar-refractivity contribution in [2.24, 2.45) is 0 Å². The largest absolute Gasteiger partial charge is 0.459 e. The molecule has 0 spiro atoms. The lowest BCUT2D eigenvalue weighted by Crippen LogP contribution is -2.11. The number of benzene rings is 2. The van der Waals surface area contributed by atoms with Gasteiger partial charge in [0.05, 0.1) is 6.26 Å². The molecule has 2 heterocycles. The number of halogens is 1. The Morgan fingerprint density at radius 3 is 2.69 bits per heavy atom. The van der Waals surface area contributed by atoms with Gasteiger partial charge in [0.2, 0.25) is 5.13 Å². The van der Waals surface area contributed by atoms with Gasteiger partial charge in [-0.3, -0.25) is 4.79 Å². The van der Waals surface area contributed by atoms with Crippen LogP contribution in [0.25, 0.3) is 0 Å². The Morgan fingerprint density at radius 1 is 1.03 bits per heavy atom. The molecule has 0 saturated heterocycles. The van der Waals surface area contributed by atoms with E-state index in [2.05, 4.69) is 20.8 Å². The van der Waals surface area contributed by atoms with Crippen LogP contribution >= 0.6 is 11.3 Å². The zero-order valence-electron chi connectivity index (χ0n) is 15.3. The van der Waals surface area contributed by atoms with Crippen molar-refractivity contribution in [2.45, 2.75) is 13.0 Å². The first-order valence-electron chi connectivity index (χ1n) is 8.90. The zero-order chi connectivity index (χ0) is 20.1. The summed E-state index contributed by atoms with van der Waals surface area (Å²) in [6.45, 7) is 0.537. The van der Waals surface area contributed by atoms with Crippen LogP contribution in [0, 0.1) is 5.82 Å². The van der Waals surface area contributed by atoms with Crippen molar-refractivity contribution in [3.8, 4) is 0 Å². The Hall–Kier alpha value is -3.52. The summed E-state index contributed by atoms with van der Waals surface area (Å²) in [7, 11) is 0. The molecular formula is C21H17FN4O2S. The Morgan fingerprint density at radius 2 is 1.90 bits per heavy atom. The number of anilines is 2. The topological polar surface area (TPSA) is 80.0 Å². The van der Waals surface area contributed by atoms with Crippen LogP contribution in [0.4, 0.5) is 15.2 Å². The fourth-order valence-electron chi connectivity index (χ4n) is 2.71. The van der Waals surface area contributed by atoms with E-state index in [1.165, 1.54) is 29.7 Å². The van der Waals surface area contributed by atoms with Crippen LogP contribution < -0.4 is 10.6 Å². The van der Waals surface area contributed by atoms with Gasteiger partial charge in [-0.25, -0.2) is 4.39 Å². The number of carbonyl (C=O) groups excluding carboxylic acids is 1. The van der Waals surface area contributed by atoms with E-state index >= 15 is 0 Å². The number of rotatable bonds is 7. The molecular weight excluding hydrogens is 391 g/mol. The normalized spacial score (nSPS) is 10.7. The van der Waals surface area contributed by atoms with Gasteiger partial charge in [-0.05, 0) is 47.5 Å². The van der Waals surface area contributed by atoms with Crippen molar-refractivity contribution in [2.75, 3.05) is 10.6 Å². The zero-order valence-corrected chi connectivity index (χ0v) is 16.1. The predicted molar refractivity (Wildman–Crippen MR) is 110 cm³/mol. The van der Waals surface area contributed by atoms with Gasteiger partial charge >= 0.3 is 0 Å². The van der Waals surface area contributed by atoms with Crippen LogP contribution in [0.1, 0.15) is 26.7 Å². The van der Waals surface area contributed by atoms with Gasteiger partial charge in [-0.2, -0.15) is 0 Å². The highest BCUT2D eigenvalue weighted by Crippen LogP contribution is 2.20. The van der Waals surface area contributed by atoms with Gasteiger partial charge in [0.15, 0.2) is 5.76 Å². The van der Waals surface area contributed by atoms with Crippen LogP contribution in [0.15, 0.2) is 71.3 Å². The smallest absolute Gasteiger partial charge is 0.291 e. The van der Waals surface area contributed by atoms with Crippen molar-refractivity contribution >= 4 is 28.1 Å². The summed E-state index contributed by atoms with van der Waals surface area (Å²) in [5.74, 6) is -0.290. The van der Waals surface area contributed by atoms with Crippen molar-refractivity contribution in [1.82, 2.24) is 10.2 Å². The van der Waals surface area contributed by atoms with Gasteiger partial charge in [0.1, 0.15) is 10.8 Å². The Kier molecular flexibility index (Phi) is 5.62. The lowest BCUT2D eigenvalue weighted by Gasteiger charge is -2.07. The standard InChI is InChI=1S/C21H17FN4O2S/c22-16-8-6-14(7-9-16)12-19-25-26-21(29-19)23-13-15-3-1-4-17(11-15)24-20(27)18-5-2-10-28-18/h1-11H,12-13H2,(H,23,26)(H,24,27). The van der Waals surface area contributed by atoms with Gasteiger partial charge in [0.25, 0.3) is 5.91 Å². The summed E-state index contributed by atoms with van der Waals surface area (Å²) in [6.07, 6.45) is 2.07. The van der Waals surface area contributed by atoms with E-state index in [0.29, 0.717) is 23.8 Å². The number of nitrogens with zero attached hydrogens (tertiary/aromatic N) is 2. The molecule has 0 aliphatic carbocycles. The highest BCUT2D eigenvalue weighted by Gasteiger charge is 2.09. The molecule has 0 unspecified atom stereocenters. The van der Waals surface area contributed by atoms with Crippen molar-refractivity contribution in [3.05, 3.63) is 94.6 Å². The fourth-order valence-corrected chi connectivity index (χ4v) is 3.48. The highest BCUT2D eigenvalue weighted by molar-refractivity contribution is 7.15. The first-order chi connectivity index (χ1) is 14.2. The van der Waals surface area contributed by atoms with Crippen LogP contribution in [-0.2, 0) is 13.0 Å². The molecule has 1 amide bonds. The quantitative estimate of drug-likeness (QED) is 0.462. The maximum atomic E-state index is 13.0. The molecule has 2 aromatic carbocycles. The average molecular weight is 408 g/mol. The molecule has 146 valence electrons. The van der Waals surface area contributed by atoms with Crippen molar-refractivity contribution in [1.29, 1.82) is 0 Å². The molecule has 2 N–H and O–H groups in total. The number of carbonyl (C=O) groups is 1. The van der Waals surface area contributed by atoms with Gasteiger partial charge in [-0.15, -0.1) is 10.2 Å². The summed E-state index contributed by atoms with van der Waals surface area (Å²) in [4.78, 5) is 12.1. The van der Waals surface area contributed by atoms with Gasteiger partial charge < -0.3 is 15.1 Å². The maximum absolute atomic E-state index is 13.0. The number of hydrogen-bond acceptors (Lipinski definition) is 6. The molecule has 6 nitrogen and oxygen atoms in total. The number of amides is 1. The Balaban J connectivity index is 1.34. The van der Waals surface area contributed by atoms with Crippen molar-refractivity contribution < 1.29 is 13.6 Å². The predicted octanol–water partition coefficient (Wildman–Crippen LogP) is 4.73. The van der Waals surface area contributed by atoms with Gasteiger partial charge in [0, 0.05) is 18.7 Å². The number of hydrogen-bond donors (Lipinski definition) is 2. The average Bonchev–Trinajstić information content (AvgIpc) is 3.41. The lowest BCUT2D eigenvalue weighted by atomic mass is 10.2.